The monoisotopic (exact) mass is 482 g/mol. The maximum atomic E-state index is 12.9. The number of rotatable bonds is 7. The second-order valence-corrected chi connectivity index (χ2v) is 10.6. The Labute approximate surface area is 193 Å². The van der Waals surface area contributed by atoms with Gasteiger partial charge in [-0.25, -0.2) is 8.42 Å². The summed E-state index contributed by atoms with van der Waals surface area (Å²) in [6.45, 7) is 4.94. The van der Waals surface area contributed by atoms with Crippen LogP contribution in [0.4, 0.5) is 13.2 Å². The minimum Gasteiger partial charge on any atom is -0.356 e. The number of hydrogen-bond donors (Lipinski definition) is 1. The number of carbonyl (C=O) groups excluding carboxylic acids is 1. The first-order valence-corrected chi connectivity index (χ1v) is 12.5. The maximum Gasteiger partial charge on any atom is 0.416 e. The zero-order valence-corrected chi connectivity index (χ0v) is 19.5. The number of piperidine rings is 1. The molecule has 2 aromatic carbocycles. The second kappa shape index (κ2) is 10.3. The van der Waals surface area contributed by atoms with Crippen LogP contribution in [0.1, 0.15) is 49.3 Å². The largest absolute Gasteiger partial charge is 0.416 e. The number of amides is 1. The topological polar surface area (TPSA) is 66.5 Å². The molecule has 9 heteroatoms. The van der Waals surface area contributed by atoms with Crippen LogP contribution in [0, 0.1) is 5.92 Å². The number of hydrogen-bond acceptors (Lipinski definition) is 3. The Kier molecular flexibility index (Phi) is 7.84. The van der Waals surface area contributed by atoms with Crippen LogP contribution in [0.2, 0.25) is 0 Å². The van der Waals surface area contributed by atoms with Crippen molar-refractivity contribution in [1.29, 1.82) is 0 Å². The summed E-state index contributed by atoms with van der Waals surface area (Å²) in [5, 5.41) is 2.82. The van der Waals surface area contributed by atoms with Gasteiger partial charge in [0.2, 0.25) is 15.9 Å². The summed E-state index contributed by atoms with van der Waals surface area (Å²) in [4.78, 5) is 12.7. The van der Waals surface area contributed by atoms with Crippen molar-refractivity contribution in [3.63, 3.8) is 0 Å². The van der Waals surface area contributed by atoms with Crippen LogP contribution >= 0.6 is 0 Å². The van der Waals surface area contributed by atoms with Crippen LogP contribution in [0.15, 0.2) is 53.4 Å². The molecule has 1 N–H and O–H groups in total. The van der Waals surface area contributed by atoms with Crippen molar-refractivity contribution in [3.05, 3.63) is 65.2 Å². The predicted molar refractivity (Wildman–Crippen MR) is 120 cm³/mol. The molecule has 33 heavy (non-hydrogen) atoms. The molecule has 3 rings (SSSR count). The third-order valence-electron chi connectivity index (χ3n) is 6.00. The van der Waals surface area contributed by atoms with E-state index in [9.17, 15) is 26.4 Å². The van der Waals surface area contributed by atoms with Gasteiger partial charge >= 0.3 is 6.18 Å². The summed E-state index contributed by atoms with van der Waals surface area (Å²) < 4.78 is 65.1. The van der Waals surface area contributed by atoms with Gasteiger partial charge in [-0.15, -0.1) is 0 Å². The molecule has 0 spiro atoms. The number of carbonyl (C=O) groups is 1. The highest BCUT2D eigenvalue weighted by Gasteiger charge is 2.32. The van der Waals surface area contributed by atoms with Crippen LogP contribution in [0.5, 0.6) is 0 Å². The van der Waals surface area contributed by atoms with Gasteiger partial charge in [0.25, 0.3) is 0 Å². The molecule has 1 aliphatic heterocycles. The predicted octanol–water partition coefficient (Wildman–Crippen LogP) is 4.59. The van der Waals surface area contributed by atoms with Gasteiger partial charge in [-0.3, -0.25) is 4.79 Å². The number of halogens is 3. The lowest BCUT2D eigenvalue weighted by Crippen LogP contribution is -2.43. The third kappa shape index (κ3) is 6.35. The first-order valence-electron chi connectivity index (χ1n) is 11.0. The summed E-state index contributed by atoms with van der Waals surface area (Å²) in [6.07, 6.45) is -3.10. The van der Waals surface area contributed by atoms with E-state index in [0.717, 1.165) is 17.7 Å². The molecule has 1 amide bonds. The Bertz CT molecular complexity index is 1040. The molecule has 0 saturated carbocycles. The zero-order valence-electron chi connectivity index (χ0n) is 18.7. The highest BCUT2D eigenvalue weighted by atomic mass is 32.2. The van der Waals surface area contributed by atoms with Crippen molar-refractivity contribution in [3.8, 4) is 0 Å². The Morgan fingerprint density at radius 3 is 2.12 bits per heavy atom. The number of nitrogens with one attached hydrogen (secondary N) is 1. The third-order valence-corrected chi connectivity index (χ3v) is 7.92. The molecule has 2 aromatic rings. The molecule has 180 valence electrons. The van der Waals surface area contributed by atoms with Gasteiger partial charge in [0.15, 0.2) is 0 Å². The summed E-state index contributed by atoms with van der Waals surface area (Å²) in [5.41, 5.74) is 1.07. The lowest BCUT2D eigenvalue weighted by atomic mass is 9.97. The van der Waals surface area contributed by atoms with Crippen LogP contribution in [0.25, 0.3) is 0 Å². The van der Waals surface area contributed by atoms with E-state index in [1.54, 1.807) is 12.1 Å². The number of nitrogens with zero attached hydrogens (tertiary/aromatic N) is 1. The van der Waals surface area contributed by atoms with E-state index in [1.807, 2.05) is 26.0 Å². The van der Waals surface area contributed by atoms with Crippen LogP contribution in [-0.4, -0.2) is 38.3 Å². The standard InChI is InChI=1S/C24H29F3N2O3S/c1-17(2)19-5-9-22(10-6-19)33(31,32)29-15-12-20(13-16-29)23(30)28-14-11-18-3-7-21(8-4-18)24(25,26)27/h3-10,17,20H,11-16H2,1-2H3,(H,28,30). The molecular formula is C24H29F3N2O3S. The van der Waals surface area contributed by atoms with Crippen molar-refractivity contribution < 1.29 is 26.4 Å². The fraction of sp³-hybridized carbons (Fsp3) is 0.458. The maximum absolute atomic E-state index is 12.9. The molecule has 1 saturated heterocycles. The van der Waals surface area contributed by atoms with Crippen LogP contribution in [-0.2, 0) is 27.4 Å². The zero-order chi connectivity index (χ0) is 24.2. The molecule has 1 fully saturated rings. The Morgan fingerprint density at radius 2 is 1.61 bits per heavy atom. The van der Waals surface area contributed by atoms with Crippen molar-refractivity contribution in [2.45, 2.75) is 50.1 Å². The fourth-order valence-electron chi connectivity index (χ4n) is 3.87. The van der Waals surface area contributed by atoms with E-state index < -0.39 is 21.8 Å². The molecule has 0 unspecified atom stereocenters. The average Bonchev–Trinajstić information content (AvgIpc) is 2.79. The van der Waals surface area contributed by atoms with E-state index in [1.165, 1.54) is 16.4 Å². The summed E-state index contributed by atoms with van der Waals surface area (Å²) in [5.74, 6) is -0.122. The minimum atomic E-state index is -4.37. The van der Waals surface area contributed by atoms with Crippen LogP contribution in [0.3, 0.4) is 0 Å². The Hall–Kier alpha value is -2.39. The molecule has 1 heterocycles. The SMILES string of the molecule is CC(C)c1ccc(S(=O)(=O)N2CCC(C(=O)NCCc3ccc(C(F)(F)F)cc3)CC2)cc1. The van der Waals surface area contributed by atoms with Crippen molar-refractivity contribution in [2.24, 2.45) is 5.92 Å². The van der Waals surface area contributed by atoms with Gasteiger partial charge in [0.05, 0.1) is 10.5 Å². The second-order valence-electron chi connectivity index (χ2n) is 8.64. The first kappa shape index (κ1) is 25.2. The van der Waals surface area contributed by atoms with Crippen molar-refractivity contribution in [2.75, 3.05) is 19.6 Å². The number of benzene rings is 2. The van der Waals surface area contributed by atoms with E-state index in [0.29, 0.717) is 37.3 Å². The van der Waals surface area contributed by atoms with E-state index in [-0.39, 0.29) is 29.8 Å². The summed E-state index contributed by atoms with van der Waals surface area (Å²) in [7, 11) is -3.60. The molecule has 5 nitrogen and oxygen atoms in total. The highest BCUT2D eigenvalue weighted by molar-refractivity contribution is 7.89. The van der Waals surface area contributed by atoms with E-state index in [2.05, 4.69) is 5.32 Å². The Balaban J connectivity index is 1.47. The molecule has 0 aromatic heterocycles. The molecule has 0 atom stereocenters. The van der Waals surface area contributed by atoms with Gasteiger partial charge in [-0.05, 0) is 60.6 Å². The molecular weight excluding hydrogens is 453 g/mol. The minimum absolute atomic E-state index is 0.153. The number of sulfonamides is 1. The van der Waals surface area contributed by atoms with Gasteiger partial charge < -0.3 is 5.32 Å². The van der Waals surface area contributed by atoms with Crippen LogP contribution < -0.4 is 5.32 Å². The van der Waals surface area contributed by atoms with E-state index in [4.69, 9.17) is 0 Å². The summed E-state index contributed by atoms with van der Waals surface area (Å²) >= 11 is 0. The molecule has 0 bridgehead atoms. The van der Waals surface area contributed by atoms with Crippen molar-refractivity contribution >= 4 is 15.9 Å². The van der Waals surface area contributed by atoms with Gasteiger partial charge in [0, 0.05) is 25.6 Å². The van der Waals surface area contributed by atoms with Crippen molar-refractivity contribution in [1.82, 2.24) is 9.62 Å². The molecule has 1 aliphatic rings. The first-order chi connectivity index (χ1) is 15.5. The lowest BCUT2D eigenvalue weighted by Gasteiger charge is -2.30. The Morgan fingerprint density at radius 1 is 1.03 bits per heavy atom. The van der Waals surface area contributed by atoms with Gasteiger partial charge in [-0.2, -0.15) is 17.5 Å². The fourth-order valence-corrected chi connectivity index (χ4v) is 5.34. The lowest BCUT2D eigenvalue weighted by molar-refractivity contribution is -0.137. The smallest absolute Gasteiger partial charge is 0.356 e. The quantitative estimate of drug-likeness (QED) is 0.628. The van der Waals surface area contributed by atoms with Gasteiger partial charge in [-0.1, -0.05) is 38.1 Å². The number of alkyl halides is 3. The molecule has 0 aliphatic carbocycles. The molecule has 0 radical (unpaired) electrons. The average molecular weight is 483 g/mol. The highest BCUT2D eigenvalue weighted by Crippen LogP contribution is 2.29. The normalized spacial score (nSPS) is 16.2. The summed E-state index contributed by atoms with van der Waals surface area (Å²) in [6, 6.07) is 11.8. The van der Waals surface area contributed by atoms with Gasteiger partial charge in [0.1, 0.15) is 0 Å². The van der Waals surface area contributed by atoms with E-state index >= 15 is 0 Å².